The van der Waals surface area contributed by atoms with Crippen molar-refractivity contribution < 1.29 is 33.7 Å². The molecule has 0 unspecified atom stereocenters. The Kier molecular flexibility index (Phi) is 13.1. The molecular weight excluding hydrogens is 539 g/mol. The van der Waals surface area contributed by atoms with E-state index in [0.717, 1.165) is 11.1 Å². The average Bonchev–Trinajstić information content (AvgIpc) is 2.96. The Hall–Kier alpha value is -3.11. The van der Waals surface area contributed by atoms with Gasteiger partial charge in [0, 0.05) is 45.5 Å². The predicted molar refractivity (Wildman–Crippen MR) is 160 cm³/mol. The first-order valence-electron chi connectivity index (χ1n) is 14.7. The summed E-state index contributed by atoms with van der Waals surface area (Å²) in [6.07, 6.45) is 1.64. The van der Waals surface area contributed by atoms with E-state index in [0.29, 0.717) is 32.4 Å². The number of ether oxygens (including phenoxy) is 2. The van der Waals surface area contributed by atoms with E-state index in [1.807, 2.05) is 45.0 Å². The highest BCUT2D eigenvalue weighted by Crippen LogP contribution is 2.21. The van der Waals surface area contributed by atoms with Crippen LogP contribution in [0.25, 0.3) is 6.08 Å². The van der Waals surface area contributed by atoms with E-state index >= 15 is 0 Å². The van der Waals surface area contributed by atoms with Crippen molar-refractivity contribution in [2.45, 2.75) is 64.4 Å². The second-order valence-corrected chi connectivity index (χ2v) is 11.4. The molecular formula is C33H45FN2O6. The predicted octanol–water partition coefficient (Wildman–Crippen LogP) is 4.08. The summed E-state index contributed by atoms with van der Waals surface area (Å²) in [6.45, 7) is 6.72. The van der Waals surface area contributed by atoms with Gasteiger partial charge < -0.3 is 29.5 Å². The van der Waals surface area contributed by atoms with Crippen molar-refractivity contribution in [2.24, 2.45) is 5.92 Å². The summed E-state index contributed by atoms with van der Waals surface area (Å²) >= 11 is 0. The zero-order valence-electron chi connectivity index (χ0n) is 25.1. The number of aliphatic hydroxyl groups is 2. The lowest BCUT2D eigenvalue weighted by Gasteiger charge is -2.38. The van der Waals surface area contributed by atoms with Gasteiger partial charge in [0.1, 0.15) is 24.1 Å². The highest BCUT2D eigenvalue weighted by Gasteiger charge is 2.34. The molecule has 42 heavy (non-hydrogen) atoms. The van der Waals surface area contributed by atoms with Crippen molar-refractivity contribution in [1.82, 2.24) is 9.80 Å². The molecule has 3 rings (SSSR count). The fraction of sp³-hybridized carbons (Fsp3) is 0.515. The molecule has 0 radical (unpaired) electrons. The van der Waals surface area contributed by atoms with Crippen LogP contribution in [-0.4, -0.2) is 96.1 Å². The molecule has 8 nitrogen and oxygen atoms in total. The minimum Gasteiger partial charge on any atom is -0.388 e. The lowest BCUT2D eigenvalue weighted by atomic mass is 9.99. The Morgan fingerprint density at radius 1 is 1.12 bits per heavy atom. The van der Waals surface area contributed by atoms with Gasteiger partial charge in [0.15, 0.2) is 0 Å². The normalized spacial score (nSPS) is 23.2. The number of aliphatic hydroxyl groups excluding tert-OH is 2. The van der Waals surface area contributed by atoms with Crippen LogP contribution >= 0.6 is 0 Å². The fourth-order valence-electron chi connectivity index (χ4n) is 5.23. The summed E-state index contributed by atoms with van der Waals surface area (Å²) in [5.41, 5.74) is 1.88. The molecule has 1 fully saturated rings. The van der Waals surface area contributed by atoms with Crippen LogP contribution in [0.4, 0.5) is 4.39 Å². The third-order valence-corrected chi connectivity index (χ3v) is 7.45. The summed E-state index contributed by atoms with van der Waals surface area (Å²) < 4.78 is 25.9. The van der Waals surface area contributed by atoms with Crippen LogP contribution in [0.1, 0.15) is 54.6 Å². The molecule has 2 amide bonds. The smallest absolute Gasteiger partial charge is 0.256 e. The van der Waals surface area contributed by atoms with E-state index < -0.39 is 36.1 Å². The van der Waals surface area contributed by atoms with Gasteiger partial charge in [0.05, 0.1) is 12.2 Å². The number of hydrogen-bond donors (Lipinski definition) is 2. The summed E-state index contributed by atoms with van der Waals surface area (Å²) in [5, 5.41) is 21.4. The number of aryl methyl sites for hydroxylation is 1. The third-order valence-electron chi connectivity index (χ3n) is 7.45. The van der Waals surface area contributed by atoms with Gasteiger partial charge in [0.2, 0.25) is 5.91 Å². The van der Waals surface area contributed by atoms with Gasteiger partial charge in [0.25, 0.3) is 5.91 Å². The summed E-state index contributed by atoms with van der Waals surface area (Å²) in [7, 11) is 1.38. The summed E-state index contributed by atoms with van der Waals surface area (Å²) in [4.78, 5) is 30.8. The molecule has 0 spiro atoms. The van der Waals surface area contributed by atoms with Gasteiger partial charge in [-0.3, -0.25) is 9.59 Å². The topological polar surface area (TPSA) is 99.5 Å². The average molecular weight is 585 g/mol. The SMILES string of the molecule is CO[C@@H]1CN(C(=O)c2ccccc2F)C[C@@H](CC(C)C)N(C(=O)C=Cc2cccc(C)c2)CCCCOC[C@@H](O)[C@H]1O. The Morgan fingerprint density at radius 3 is 2.57 bits per heavy atom. The van der Waals surface area contributed by atoms with E-state index in [1.165, 1.54) is 30.2 Å². The lowest BCUT2D eigenvalue weighted by molar-refractivity contribution is -0.130. The van der Waals surface area contributed by atoms with Gasteiger partial charge in [-0.25, -0.2) is 4.39 Å². The van der Waals surface area contributed by atoms with Crippen LogP contribution in [0, 0.1) is 18.7 Å². The quantitative estimate of drug-likeness (QED) is 0.497. The lowest BCUT2D eigenvalue weighted by Crippen LogP contribution is -2.53. The highest BCUT2D eigenvalue weighted by molar-refractivity contribution is 5.95. The van der Waals surface area contributed by atoms with E-state index in [2.05, 4.69) is 0 Å². The molecule has 4 atom stereocenters. The monoisotopic (exact) mass is 584 g/mol. The number of halogens is 1. The molecule has 0 saturated carbocycles. The van der Waals surface area contributed by atoms with Crippen LogP contribution in [0.2, 0.25) is 0 Å². The number of carbonyl (C=O) groups excluding carboxylic acids is 2. The van der Waals surface area contributed by atoms with Crippen LogP contribution in [0.5, 0.6) is 0 Å². The van der Waals surface area contributed by atoms with Gasteiger partial charge in [-0.05, 0) is 55.9 Å². The largest absolute Gasteiger partial charge is 0.388 e. The van der Waals surface area contributed by atoms with Crippen molar-refractivity contribution in [3.8, 4) is 0 Å². The van der Waals surface area contributed by atoms with Gasteiger partial charge in [-0.1, -0.05) is 55.8 Å². The highest BCUT2D eigenvalue weighted by atomic mass is 19.1. The van der Waals surface area contributed by atoms with E-state index in [9.17, 15) is 24.2 Å². The number of methoxy groups -OCH3 is 1. The second-order valence-electron chi connectivity index (χ2n) is 11.4. The summed E-state index contributed by atoms with van der Waals surface area (Å²) in [5.74, 6) is -1.26. The van der Waals surface area contributed by atoms with E-state index in [1.54, 1.807) is 23.1 Å². The molecule has 9 heteroatoms. The molecule has 0 aliphatic carbocycles. The van der Waals surface area contributed by atoms with Crippen molar-refractivity contribution in [3.63, 3.8) is 0 Å². The number of nitrogens with zero attached hydrogens (tertiary/aromatic N) is 2. The zero-order chi connectivity index (χ0) is 30.6. The minimum atomic E-state index is -1.35. The maximum atomic E-state index is 14.8. The Labute approximate surface area is 248 Å². The Morgan fingerprint density at radius 2 is 1.88 bits per heavy atom. The van der Waals surface area contributed by atoms with Crippen molar-refractivity contribution in [1.29, 1.82) is 0 Å². The summed E-state index contributed by atoms with van der Waals surface area (Å²) in [6, 6.07) is 13.2. The first kappa shape index (κ1) is 33.4. The van der Waals surface area contributed by atoms with Gasteiger partial charge in [-0.15, -0.1) is 0 Å². The Balaban J connectivity index is 2.02. The molecule has 1 aliphatic heterocycles. The van der Waals surface area contributed by atoms with E-state index in [4.69, 9.17) is 9.47 Å². The Bertz CT molecular complexity index is 1190. The molecule has 230 valence electrons. The van der Waals surface area contributed by atoms with Crippen molar-refractivity contribution in [3.05, 3.63) is 77.1 Å². The first-order valence-corrected chi connectivity index (χ1v) is 14.7. The number of amides is 2. The molecule has 1 heterocycles. The minimum absolute atomic E-state index is 0.0918. The van der Waals surface area contributed by atoms with Crippen molar-refractivity contribution in [2.75, 3.05) is 40.0 Å². The third kappa shape index (κ3) is 9.73. The molecule has 1 saturated heterocycles. The van der Waals surface area contributed by atoms with Crippen LogP contribution in [-0.2, 0) is 14.3 Å². The van der Waals surface area contributed by atoms with Gasteiger partial charge in [-0.2, -0.15) is 0 Å². The molecule has 1 aliphatic rings. The molecule has 2 N–H and O–H groups in total. The fourth-order valence-corrected chi connectivity index (χ4v) is 5.23. The molecule has 2 aromatic carbocycles. The number of benzene rings is 2. The molecule has 2 aromatic rings. The number of carbonyl (C=O) groups is 2. The van der Waals surface area contributed by atoms with E-state index in [-0.39, 0.29) is 37.1 Å². The molecule has 0 aromatic heterocycles. The standard InChI is InChI=1S/C33H45FN2O6/c1-23(2)18-26-20-35(33(40)27-12-5-6-13-28(27)34)21-30(41-4)32(39)29(37)22-42-17-8-7-16-36(26)31(38)15-14-25-11-9-10-24(3)19-25/h5-6,9-15,19,23,26,29-30,32,37,39H,7-8,16-18,20-22H2,1-4H3/t26-,29-,30-,32-/m1/s1. The van der Waals surface area contributed by atoms with Crippen LogP contribution in [0.3, 0.4) is 0 Å². The number of hydrogen-bond acceptors (Lipinski definition) is 6. The maximum Gasteiger partial charge on any atom is 0.256 e. The van der Waals surface area contributed by atoms with Crippen molar-refractivity contribution >= 4 is 17.9 Å². The number of rotatable bonds is 6. The molecule has 0 bridgehead atoms. The first-order chi connectivity index (χ1) is 20.1. The van der Waals surface area contributed by atoms with Gasteiger partial charge >= 0.3 is 0 Å². The zero-order valence-corrected chi connectivity index (χ0v) is 25.1. The maximum absolute atomic E-state index is 14.8. The second kappa shape index (κ2) is 16.5. The van der Waals surface area contributed by atoms with Crippen LogP contribution < -0.4 is 0 Å². The van der Waals surface area contributed by atoms with Crippen LogP contribution in [0.15, 0.2) is 54.6 Å².